The first-order valence-corrected chi connectivity index (χ1v) is 7.78. The number of hydrogen-bond donors (Lipinski definition) is 1. The lowest BCUT2D eigenvalue weighted by Gasteiger charge is -2.22. The topological polar surface area (TPSA) is 97.3 Å². The van der Waals surface area contributed by atoms with E-state index in [0.717, 1.165) is 0 Å². The smallest absolute Gasteiger partial charge is 0.255 e. The van der Waals surface area contributed by atoms with Crippen molar-refractivity contribution < 1.29 is 9.59 Å². The second-order valence-electron chi connectivity index (χ2n) is 5.97. The van der Waals surface area contributed by atoms with Crippen molar-refractivity contribution >= 4 is 11.8 Å². The number of carbonyl (C=O) groups is 2. The van der Waals surface area contributed by atoms with Crippen LogP contribution < -0.4 is 5.73 Å². The molecule has 2 aromatic rings. The summed E-state index contributed by atoms with van der Waals surface area (Å²) in [6, 6.07) is 5.27. The number of amides is 2. The predicted molar refractivity (Wildman–Crippen MR) is 87.4 cm³/mol. The summed E-state index contributed by atoms with van der Waals surface area (Å²) < 4.78 is 1.62. The van der Waals surface area contributed by atoms with E-state index < -0.39 is 0 Å². The second-order valence-corrected chi connectivity index (χ2v) is 5.97. The molecule has 1 aliphatic heterocycles. The number of nitrogens with two attached hydrogens (primary N) is 1. The summed E-state index contributed by atoms with van der Waals surface area (Å²) in [5.74, 6) is -0.246. The Balaban J connectivity index is 1.76. The molecular formula is C16H20N6O2. The largest absolute Gasteiger partial charge is 0.369 e. The van der Waals surface area contributed by atoms with Gasteiger partial charge in [0.2, 0.25) is 5.91 Å². The van der Waals surface area contributed by atoms with Crippen LogP contribution in [0.4, 0.5) is 0 Å². The van der Waals surface area contributed by atoms with Gasteiger partial charge in [-0.3, -0.25) is 9.59 Å². The van der Waals surface area contributed by atoms with Gasteiger partial charge in [-0.25, -0.2) is 9.67 Å². The molecule has 8 nitrogen and oxygen atoms in total. The molecule has 0 aromatic carbocycles. The fourth-order valence-corrected chi connectivity index (χ4v) is 2.77. The Kier molecular flexibility index (Phi) is 4.57. The summed E-state index contributed by atoms with van der Waals surface area (Å²) in [6.45, 7) is 2.16. The Morgan fingerprint density at radius 2 is 2.08 bits per heavy atom. The molecule has 1 saturated heterocycles. The van der Waals surface area contributed by atoms with Gasteiger partial charge >= 0.3 is 0 Å². The molecule has 3 heterocycles. The van der Waals surface area contributed by atoms with Crippen LogP contribution >= 0.6 is 0 Å². The van der Waals surface area contributed by atoms with Gasteiger partial charge in [0.15, 0.2) is 5.82 Å². The van der Waals surface area contributed by atoms with Crippen molar-refractivity contribution in [2.75, 3.05) is 33.2 Å². The highest BCUT2D eigenvalue weighted by Gasteiger charge is 2.28. The zero-order valence-corrected chi connectivity index (χ0v) is 13.5. The molecule has 3 rings (SSSR count). The maximum absolute atomic E-state index is 12.7. The standard InChI is InChI=1S/C16H20N6O2/c1-20-7-8-21(11-13(10-20)15(17)23)16(24)12-3-4-14(18-9-12)22-6-2-5-19-22/h2-6,9,13H,7-8,10-11H2,1H3,(H2,17,23)/t13-/m1/s1. The Labute approximate surface area is 139 Å². The van der Waals surface area contributed by atoms with Gasteiger partial charge in [-0.1, -0.05) is 0 Å². The van der Waals surface area contributed by atoms with Gasteiger partial charge in [0, 0.05) is 44.8 Å². The molecule has 0 spiro atoms. The van der Waals surface area contributed by atoms with Crippen molar-refractivity contribution in [2.24, 2.45) is 11.7 Å². The predicted octanol–water partition coefficient (Wildman–Crippen LogP) is -0.244. The van der Waals surface area contributed by atoms with E-state index >= 15 is 0 Å². The highest BCUT2D eigenvalue weighted by atomic mass is 16.2. The Morgan fingerprint density at radius 3 is 2.71 bits per heavy atom. The number of rotatable bonds is 3. The molecule has 2 N–H and O–H groups in total. The summed E-state index contributed by atoms with van der Waals surface area (Å²) in [4.78, 5) is 32.3. The quantitative estimate of drug-likeness (QED) is 0.838. The van der Waals surface area contributed by atoms with Crippen molar-refractivity contribution in [2.45, 2.75) is 0 Å². The van der Waals surface area contributed by atoms with Gasteiger partial charge in [0.25, 0.3) is 5.91 Å². The molecule has 0 saturated carbocycles. The lowest BCUT2D eigenvalue weighted by Crippen LogP contribution is -2.40. The average molecular weight is 328 g/mol. The van der Waals surface area contributed by atoms with Gasteiger partial charge in [-0.2, -0.15) is 5.10 Å². The molecule has 126 valence electrons. The fourth-order valence-electron chi connectivity index (χ4n) is 2.77. The number of pyridine rings is 1. The first-order valence-electron chi connectivity index (χ1n) is 7.78. The monoisotopic (exact) mass is 328 g/mol. The molecule has 1 aliphatic rings. The maximum Gasteiger partial charge on any atom is 0.255 e. The van der Waals surface area contributed by atoms with Crippen molar-refractivity contribution in [1.29, 1.82) is 0 Å². The van der Waals surface area contributed by atoms with Crippen molar-refractivity contribution in [3.63, 3.8) is 0 Å². The lowest BCUT2D eigenvalue weighted by atomic mass is 10.1. The van der Waals surface area contributed by atoms with Gasteiger partial charge < -0.3 is 15.5 Å². The zero-order valence-electron chi connectivity index (χ0n) is 13.5. The molecule has 0 unspecified atom stereocenters. The molecule has 0 bridgehead atoms. The third kappa shape index (κ3) is 3.43. The Bertz CT molecular complexity index is 713. The number of aromatic nitrogens is 3. The van der Waals surface area contributed by atoms with E-state index in [0.29, 0.717) is 37.6 Å². The number of likely N-dealkylation sites (N-methyl/N-ethyl adjacent to an activating group) is 1. The number of primary amides is 1. The van der Waals surface area contributed by atoms with E-state index in [4.69, 9.17) is 5.73 Å². The SMILES string of the molecule is CN1CCN(C(=O)c2ccc(-n3cccn3)nc2)C[C@H](C(N)=O)C1. The molecular weight excluding hydrogens is 308 g/mol. The number of carbonyl (C=O) groups excluding carboxylic acids is 2. The Morgan fingerprint density at radius 1 is 1.25 bits per heavy atom. The third-order valence-electron chi connectivity index (χ3n) is 4.15. The van der Waals surface area contributed by atoms with Crippen LogP contribution in [0.15, 0.2) is 36.8 Å². The van der Waals surface area contributed by atoms with Crippen LogP contribution in [0.3, 0.4) is 0 Å². The van der Waals surface area contributed by atoms with Crippen LogP contribution in [0.5, 0.6) is 0 Å². The van der Waals surface area contributed by atoms with Crippen molar-refractivity contribution in [3.8, 4) is 5.82 Å². The van der Waals surface area contributed by atoms with Gasteiger partial charge in [0.05, 0.1) is 11.5 Å². The summed E-state index contributed by atoms with van der Waals surface area (Å²) >= 11 is 0. The van der Waals surface area contributed by atoms with Crippen LogP contribution in [0.25, 0.3) is 5.82 Å². The summed E-state index contributed by atoms with van der Waals surface area (Å²) in [7, 11) is 1.92. The van der Waals surface area contributed by atoms with E-state index in [2.05, 4.69) is 10.1 Å². The third-order valence-corrected chi connectivity index (χ3v) is 4.15. The average Bonchev–Trinajstić information content (AvgIpc) is 3.04. The molecule has 24 heavy (non-hydrogen) atoms. The zero-order chi connectivity index (χ0) is 17.1. The summed E-state index contributed by atoms with van der Waals surface area (Å²) in [6.07, 6.45) is 4.98. The number of hydrogen-bond acceptors (Lipinski definition) is 5. The molecule has 8 heteroatoms. The Hall–Kier alpha value is -2.74. The molecule has 2 aromatic heterocycles. The number of nitrogens with zero attached hydrogens (tertiary/aromatic N) is 5. The minimum Gasteiger partial charge on any atom is -0.369 e. The van der Waals surface area contributed by atoms with Crippen molar-refractivity contribution in [1.82, 2.24) is 24.6 Å². The molecule has 0 radical (unpaired) electrons. The highest BCUT2D eigenvalue weighted by molar-refractivity contribution is 5.94. The summed E-state index contributed by atoms with van der Waals surface area (Å²) in [5, 5.41) is 4.10. The summed E-state index contributed by atoms with van der Waals surface area (Å²) in [5.41, 5.74) is 5.93. The van der Waals surface area contributed by atoms with Crippen molar-refractivity contribution in [3.05, 3.63) is 42.4 Å². The second kappa shape index (κ2) is 6.79. The van der Waals surface area contributed by atoms with Gasteiger partial charge in [-0.15, -0.1) is 0 Å². The minimum absolute atomic E-state index is 0.143. The lowest BCUT2D eigenvalue weighted by molar-refractivity contribution is -0.122. The maximum atomic E-state index is 12.7. The molecule has 1 fully saturated rings. The molecule has 2 amide bonds. The van der Waals surface area contributed by atoms with Crippen LogP contribution in [0.1, 0.15) is 10.4 Å². The first kappa shape index (κ1) is 16.1. The van der Waals surface area contributed by atoms with Gasteiger partial charge in [-0.05, 0) is 25.2 Å². The van der Waals surface area contributed by atoms with Crippen LogP contribution in [-0.2, 0) is 4.79 Å². The van der Waals surface area contributed by atoms with E-state index in [-0.39, 0.29) is 17.7 Å². The van der Waals surface area contributed by atoms with Crippen LogP contribution in [-0.4, -0.2) is 69.6 Å². The minimum atomic E-state index is -0.381. The van der Waals surface area contributed by atoms with Crippen LogP contribution in [0.2, 0.25) is 0 Å². The fraction of sp³-hybridized carbons (Fsp3) is 0.375. The molecule has 1 atom stereocenters. The molecule has 0 aliphatic carbocycles. The van der Waals surface area contributed by atoms with E-state index in [1.54, 1.807) is 40.2 Å². The van der Waals surface area contributed by atoms with E-state index in [1.807, 2.05) is 11.9 Å². The van der Waals surface area contributed by atoms with Gasteiger partial charge in [0.1, 0.15) is 0 Å². The first-order chi connectivity index (χ1) is 11.5. The highest BCUT2D eigenvalue weighted by Crippen LogP contribution is 2.13. The van der Waals surface area contributed by atoms with Crippen LogP contribution in [0, 0.1) is 5.92 Å². The van der Waals surface area contributed by atoms with E-state index in [9.17, 15) is 9.59 Å². The van der Waals surface area contributed by atoms with E-state index in [1.165, 1.54) is 6.20 Å². The normalized spacial score (nSPS) is 19.0.